The number of aryl methyl sites for hydroxylation is 1. The highest BCUT2D eigenvalue weighted by Gasteiger charge is 2.10. The predicted molar refractivity (Wildman–Crippen MR) is 88.8 cm³/mol. The third-order valence-corrected chi connectivity index (χ3v) is 4.58. The summed E-state index contributed by atoms with van der Waals surface area (Å²) in [6.07, 6.45) is 2.01. The highest BCUT2D eigenvalue weighted by molar-refractivity contribution is 7.18. The number of aromatic nitrogens is 3. The van der Waals surface area contributed by atoms with Gasteiger partial charge in [0.05, 0.1) is 35.6 Å². The molecule has 3 rings (SSSR count). The van der Waals surface area contributed by atoms with Crippen molar-refractivity contribution in [3.8, 4) is 0 Å². The third kappa shape index (κ3) is 3.35. The van der Waals surface area contributed by atoms with Crippen molar-refractivity contribution in [2.45, 2.75) is 26.6 Å². The Kier molecular flexibility index (Phi) is 4.52. The molecule has 22 heavy (non-hydrogen) atoms. The maximum atomic E-state index is 8.99. The lowest BCUT2D eigenvalue weighted by Crippen LogP contribution is -2.17. The van der Waals surface area contributed by atoms with E-state index in [4.69, 9.17) is 5.11 Å². The fraction of sp³-hybridized carbons (Fsp3) is 0.375. The molecular weight excluding hydrogens is 296 g/mol. The molecule has 0 amide bonds. The molecule has 1 N–H and O–H groups in total. The van der Waals surface area contributed by atoms with Gasteiger partial charge in [-0.3, -0.25) is 9.58 Å². The topological polar surface area (TPSA) is 54.2 Å². The zero-order valence-electron chi connectivity index (χ0n) is 12.9. The minimum absolute atomic E-state index is 0.113. The van der Waals surface area contributed by atoms with E-state index in [1.165, 1.54) is 10.3 Å². The number of para-hydroxylation sites is 1. The van der Waals surface area contributed by atoms with Crippen LogP contribution >= 0.6 is 11.3 Å². The van der Waals surface area contributed by atoms with Gasteiger partial charge >= 0.3 is 0 Å². The smallest absolute Gasteiger partial charge is 0.108 e. The first kappa shape index (κ1) is 15.1. The van der Waals surface area contributed by atoms with Gasteiger partial charge in [0.25, 0.3) is 0 Å². The second kappa shape index (κ2) is 6.56. The summed E-state index contributed by atoms with van der Waals surface area (Å²) in [4.78, 5) is 6.92. The molecule has 2 aromatic heterocycles. The fourth-order valence-electron chi connectivity index (χ4n) is 2.50. The van der Waals surface area contributed by atoms with Crippen LogP contribution in [0.3, 0.4) is 0 Å². The zero-order valence-corrected chi connectivity index (χ0v) is 13.7. The lowest BCUT2D eigenvalue weighted by molar-refractivity contribution is 0.269. The van der Waals surface area contributed by atoms with Gasteiger partial charge in [0.1, 0.15) is 5.01 Å². The summed E-state index contributed by atoms with van der Waals surface area (Å²) in [6.45, 7) is 4.32. The molecule has 0 spiro atoms. The highest BCUT2D eigenvalue weighted by Crippen LogP contribution is 2.22. The molecule has 0 radical (unpaired) electrons. The average Bonchev–Trinajstić information content (AvgIpc) is 3.02. The Morgan fingerprint density at radius 1 is 1.27 bits per heavy atom. The summed E-state index contributed by atoms with van der Waals surface area (Å²) in [7, 11) is 2.09. The van der Waals surface area contributed by atoms with E-state index in [-0.39, 0.29) is 6.61 Å². The van der Waals surface area contributed by atoms with E-state index in [9.17, 15) is 0 Å². The number of aliphatic hydroxyl groups excluding tert-OH is 1. The molecule has 0 unspecified atom stereocenters. The molecule has 2 heterocycles. The summed E-state index contributed by atoms with van der Waals surface area (Å²) in [5.74, 6) is 0. The van der Waals surface area contributed by atoms with E-state index in [2.05, 4.69) is 34.2 Å². The summed E-state index contributed by atoms with van der Waals surface area (Å²) >= 11 is 1.75. The van der Waals surface area contributed by atoms with Crippen molar-refractivity contribution in [3.05, 3.63) is 46.7 Å². The molecule has 0 saturated carbocycles. The van der Waals surface area contributed by atoms with Crippen molar-refractivity contribution in [2.24, 2.45) is 0 Å². The van der Waals surface area contributed by atoms with E-state index in [1.807, 2.05) is 25.3 Å². The average molecular weight is 316 g/mol. The maximum Gasteiger partial charge on any atom is 0.108 e. The number of thiazole rings is 1. The molecule has 3 aromatic rings. The Bertz CT molecular complexity index is 731. The summed E-state index contributed by atoms with van der Waals surface area (Å²) in [5, 5.41) is 14.5. The van der Waals surface area contributed by atoms with Crippen molar-refractivity contribution >= 4 is 21.6 Å². The number of nitrogens with zero attached hydrogens (tertiary/aromatic N) is 4. The van der Waals surface area contributed by atoms with Crippen LogP contribution in [0.25, 0.3) is 10.2 Å². The number of fused-ring (bicyclic) bond motifs is 1. The van der Waals surface area contributed by atoms with Crippen LogP contribution in [0.1, 0.15) is 16.3 Å². The lowest BCUT2D eigenvalue weighted by atomic mass is 10.2. The zero-order chi connectivity index (χ0) is 15.5. The van der Waals surface area contributed by atoms with E-state index in [0.29, 0.717) is 6.54 Å². The quantitative estimate of drug-likeness (QED) is 0.759. The van der Waals surface area contributed by atoms with Gasteiger partial charge in [-0.15, -0.1) is 11.3 Å². The normalized spacial score (nSPS) is 11.6. The van der Waals surface area contributed by atoms with Crippen LogP contribution in [-0.2, 0) is 19.6 Å². The van der Waals surface area contributed by atoms with Crippen LogP contribution in [0.5, 0.6) is 0 Å². The number of hydrogen-bond acceptors (Lipinski definition) is 5. The van der Waals surface area contributed by atoms with Crippen LogP contribution in [0, 0.1) is 6.92 Å². The van der Waals surface area contributed by atoms with Crippen LogP contribution in [-0.4, -0.2) is 38.4 Å². The van der Waals surface area contributed by atoms with Gasteiger partial charge in [0, 0.05) is 18.3 Å². The Balaban J connectivity index is 1.68. The predicted octanol–water partition coefficient (Wildman–Crippen LogP) is 2.43. The molecule has 116 valence electrons. The molecule has 0 aliphatic rings. The first-order valence-electron chi connectivity index (χ1n) is 7.32. The SMILES string of the molecule is Cc1nn(CCO)cc1CN(C)Cc1nc2ccccc2s1. The Labute approximate surface area is 133 Å². The molecule has 0 bridgehead atoms. The summed E-state index contributed by atoms with van der Waals surface area (Å²) in [5.41, 5.74) is 3.28. The summed E-state index contributed by atoms with van der Waals surface area (Å²) in [6, 6.07) is 8.24. The van der Waals surface area contributed by atoms with Gasteiger partial charge in [-0.05, 0) is 26.1 Å². The lowest BCUT2D eigenvalue weighted by Gasteiger charge is -2.14. The van der Waals surface area contributed by atoms with E-state index in [1.54, 1.807) is 16.0 Å². The minimum Gasteiger partial charge on any atom is -0.394 e. The molecule has 1 aromatic carbocycles. The number of rotatable bonds is 6. The van der Waals surface area contributed by atoms with Gasteiger partial charge in [-0.25, -0.2) is 4.98 Å². The first-order valence-corrected chi connectivity index (χ1v) is 8.14. The van der Waals surface area contributed by atoms with Gasteiger partial charge in [-0.1, -0.05) is 12.1 Å². The standard InChI is InChI=1S/C16H20N4OS/c1-12-13(10-20(18-12)7-8-21)9-19(2)11-16-17-14-5-3-4-6-15(14)22-16/h3-6,10,21H,7-9,11H2,1-2H3. The molecule has 0 aliphatic heterocycles. The maximum absolute atomic E-state index is 8.99. The number of aliphatic hydroxyl groups is 1. The van der Waals surface area contributed by atoms with Crippen molar-refractivity contribution < 1.29 is 5.11 Å². The Morgan fingerprint density at radius 3 is 2.86 bits per heavy atom. The molecule has 5 nitrogen and oxygen atoms in total. The number of benzene rings is 1. The molecular formula is C16H20N4OS. The van der Waals surface area contributed by atoms with Gasteiger partial charge in [0.15, 0.2) is 0 Å². The van der Waals surface area contributed by atoms with Crippen molar-refractivity contribution in [2.75, 3.05) is 13.7 Å². The van der Waals surface area contributed by atoms with Crippen molar-refractivity contribution in [1.29, 1.82) is 0 Å². The third-order valence-electron chi connectivity index (χ3n) is 3.56. The second-order valence-corrected chi connectivity index (χ2v) is 6.59. The van der Waals surface area contributed by atoms with Crippen molar-refractivity contribution in [1.82, 2.24) is 19.7 Å². The van der Waals surface area contributed by atoms with E-state index in [0.717, 1.165) is 29.3 Å². The van der Waals surface area contributed by atoms with Crippen LogP contribution < -0.4 is 0 Å². The van der Waals surface area contributed by atoms with E-state index >= 15 is 0 Å². The monoisotopic (exact) mass is 316 g/mol. The summed E-state index contributed by atoms with van der Waals surface area (Å²) < 4.78 is 3.04. The Morgan fingerprint density at radius 2 is 2.09 bits per heavy atom. The van der Waals surface area contributed by atoms with Crippen LogP contribution in [0.15, 0.2) is 30.5 Å². The van der Waals surface area contributed by atoms with Crippen LogP contribution in [0.2, 0.25) is 0 Å². The molecule has 0 atom stereocenters. The van der Waals surface area contributed by atoms with Gasteiger partial charge in [0.2, 0.25) is 0 Å². The molecule has 0 aliphatic carbocycles. The van der Waals surface area contributed by atoms with E-state index < -0.39 is 0 Å². The van der Waals surface area contributed by atoms with Crippen molar-refractivity contribution in [3.63, 3.8) is 0 Å². The first-order chi connectivity index (χ1) is 10.7. The number of hydrogen-bond donors (Lipinski definition) is 1. The fourth-order valence-corrected chi connectivity index (χ4v) is 3.54. The van der Waals surface area contributed by atoms with Gasteiger partial charge in [-0.2, -0.15) is 5.10 Å². The Hall–Kier alpha value is -1.76. The molecule has 6 heteroatoms. The largest absolute Gasteiger partial charge is 0.394 e. The van der Waals surface area contributed by atoms with Crippen LogP contribution in [0.4, 0.5) is 0 Å². The second-order valence-electron chi connectivity index (χ2n) is 5.47. The highest BCUT2D eigenvalue weighted by atomic mass is 32.1. The molecule has 0 saturated heterocycles. The molecule has 0 fully saturated rings. The minimum atomic E-state index is 0.113. The van der Waals surface area contributed by atoms with Gasteiger partial charge < -0.3 is 5.11 Å².